The third-order valence-corrected chi connectivity index (χ3v) is 2.18. The Kier molecular flexibility index (Phi) is 7.42. The molecule has 0 aromatic rings. The molecule has 0 fully saturated rings. The number of carboxylic acids is 1. The first-order valence-electron chi connectivity index (χ1n) is 6.31. The molecule has 0 heterocycles. The maximum Gasteiger partial charge on any atom is 0.407 e. The topological polar surface area (TPSA) is 125 Å². The molecule has 8 nitrogen and oxygen atoms in total. The van der Waals surface area contributed by atoms with Crippen LogP contribution < -0.4 is 10.6 Å². The normalized spacial score (nSPS) is 12.3. The van der Waals surface area contributed by atoms with Gasteiger partial charge < -0.3 is 25.6 Å². The van der Waals surface area contributed by atoms with Crippen molar-refractivity contribution in [3.8, 4) is 0 Å². The highest BCUT2D eigenvalue weighted by Crippen LogP contribution is 2.06. The van der Waals surface area contributed by atoms with E-state index >= 15 is 0 Å². The number of rotatable bonds is 7. The molecule has 0 saturated carbocycles. The smallest absolute Gasteiger partial charge is 0.407 e. The Morgan fingerprint density at radius 2 is 1.75 bits per heavy atom. The van der Waals surface area contributed by atoms with Gasteiger partial charge in [-0.3, -0.25) is 0 Å². The van der Waals surface area contributed by atoms with Crippen molar-refractivity contribution in [1.82, 2.24) is 10.6 Å². The molecule has 4 N–H and O–H groups in total. The molecular formula is C12H22N2O6. The van der Waals surface area contributed by atoms with Gasteiger partial charge in [0.05, 0.1) is 0 Å². The second kappa shape index (κ2) is 8.23. The average Bonchev–Trinajstić information content (AvgIpc) is 2.23. The van der Waals surface area contributed by atoms with Crippen molar-refractivity contribution in [2.75, 3.05) is 6.54 Å². The maximum atomic E-state index is 11.3. The number of carbonyl (C=O) groups is 3. The third-order valence-electron chi connectivity index (χ3n) is 2.18. The number of hydrogen-bond donors (Lipinski definition) is 4. The van der Waals surface area contributed by atoms with Gasteiger partial charge >= 0.3 is 18.2 Å². The zero-order valence-electron chi connectivity index (χ0n) is 11.9. The standard InChI is InChI=1S/C12H22N2O6/c1-12(2,3)20-11(19)13-7-5-4-6-8(9(15)16)14-10(17)18/h8,14H,4-7H2,1-3H3,(H,13,19)(H,15,16)(H,17,18)/t8-/m0/s1. The van der Waals surface area contributed by atoms with Crippen LogP contribution in [0.4, 0.5) is 9.59 Å². The fourth-order valence-corrected chi connectivity index (χ4v) is 1.38. The van der Waals surface area contributed by atoms with Crippen molar-refractivity contribution in [1.29, 1.82) is 0 Å². The fourth-order valence-electron chi connectivity index (χ4n) is 1.38. The zero-order chi connectivity index (χ0) is 15.8. The molecular weight excluding hydrogens is 268 g/mol. The molecule has 0 unspecified atom stereocenters. The van der Waals surface area contributed by atoms with Crippen LogP contribution in [-0.4, -0.2) is 46.6 Å². The molecule has 0 bridgehead atoms. The molecule has 0 aliphatic rings. The van der Waals surface area contributed by atoms with Gasteiger partial charge in [-0.15, -0.1) is 0 Å². The number of nitrogens with one attached hydrogen (secondary N) is 2. The van der Waals surface area contributed by atoms with E-state index in [-0.39, 0.29) is 6.42 Å². The van der Waals surface area contributed by atoms with Crippen LogP contribution in [0.5, 0.6) is 0 Å². The number of aliphatic carboxylic acids is 1. The molecule has 0 saturated heterocycles. The first-order valence-corrected chi connectivity index (χ1v) is 6.31. The van der Waals surface area contributed by atoms with Crippen LogP contribution in [0, 0.1) is 0 Å². The minimum absolute atomic E-state index is 0.164. The van der Waals surface area contributed by atoms with Crippen molar-refractivity contribution in [3.63, 3.8) is 0 Å². The molecule has 0 radical (unpaired) electrons. The van der Waals surface area contributed by atoms with E-state index in [4.69, 9.17) is 14.9 Å². The fraction of sp³-hybridized carbons (Fsp3) is 0.750. The van der Waals surface area contributed by atoms with E-state index in [0.29, 0.717) is 19.4 Å². The molecule has 0 spiro atoms. The van der Waals surface area contributed by atoms with Crippen molar-refractivity contribution < 1.29 is 29.3 Å². The van der Waals surface area contributed by atoms with E-state index in [1.807, 2.05) is 5.32 Å². The van der Waals surface area contributed by atoms with Gasteiger partial charge in [0.1, 0.15) is 11.6 Å². The predicted molar refractivity (Wildman–Crippen MR) is 70.7 cm³/mol. The number of amides is 2. The summed E-state index contributed by atoms with van der Waals surface area (Å²) in [5, 5.41) is 21.7. The van der Waals surface area contributed by atoms with Crippen molar-refractivity contribution in [2.45, 2.75) is 51.7 Å². The Morgan fingerprint density at radius 1 is 1.15 bits per heavy atom. The SMILES string of the molecule is CC(C)(C)OC(=O)NCCCC[C@H](NC(=O)O)C(=O)O. The molecule has 8 heteroatoms. The third kappa shape index (κ3) is 9.98. The highest BCUT2D eigenvalue weighted by Gasteiger charge is 2.19. The summed E-state index contributed by atoms with van der Waals surface area (Å²) in [4.78, 5) is 32.4. The highest BCUT2D eigenvalue weighted by atomic mass is 16.6. The molecule has 0 aromatic heterocycles. The second-order valence-electron chi connectivity index (χ2n) is 5.26. The van der Waals surface area contributed by atoms with Gasteiger partial charge in [-0.1, -0.05) is 0 Å². The molecule has 1 atom stereocenters. The summed E-state index contributed by atoms with van der Waals surface area (Å²) in [6.07, 6.45) is -0.741. The minimum Gasteiger partial charge on any atom is -0.480 e. The van der Waals surface area contributed by atoms with Gasteiger partial charge in [-0.2, -0.15) is 0 Å². The Bertz CT molecular complexity index is 350. The van der Waals surface area contributed by atoms with E-state index in [1.165, 1.54) is 0 Å². The lowest BCUT2D eigenvalue weighted by molar-refractivity contribution is -0.139. The van der Waals surface area contributed by atoms with Crippen LogP contribution in [0.3, 0.4) is 0 Å². The average molecular weight is 290 g/mol. The molecule has 0 aliphatic heterocycles. The molecule has 0 aliphatic carbocycles. The lowest BCUT2D eigenvalue weighted by Gasteiger charge is -2.19. The summed E-state index contributed by atoms with van der Waals surface area (Å²) in [6.45, 7) is 5.60. The summed E-state index contributed by atoms with van der Waals surface area (Å²) >= 11 is 0. The summed E-state index contributed by atoms with van der Waals surface area (Å²) in [5.74, 6) is -1.22. The van der Waals surface area contributed by atoms with E-state index in [0.717, 1.165) is 0 Å². The van der Waals surface area contributed by atoms with E-state index < -0.39 is 29.8 Å². The van der Waals surface area contributed by atoms with Crippen molar-refractivity contribution in [3.05, 3.63) is 0 Å². The molecule has 2 amide bonds. The summed E-state index contributed by atoms with van der Waals surface area (Å²) < 4.78 is 5.02. The van der Waals surface area contributed by atoms with E-state index in [1.54, 1.807) is 20.8 Å². The number of hydrogen-bond acceptors (Lipinski definition) is 4. The summed E-state index contributed by atoms with van der Waals surface area (Å²) in [7, 11) is 0. The number of unbranched alkanes of at least 4 members (excludes halogenated alkanes) is 1. The van der Waals surface area contributed by atoms with Gasteiger partial charge in [0.15, 0.2) is 0 Å². The number of ether oxygens (including phenoxy) is 1. The maximum absolute atomic E-state index is 11.3. The quantitative estimate of drug-likeness (QED) is 0.525. The van der Waals surface area contributed by atoms with Crippen molar-refractivity contribution >= 4 is 18.2 Å². The van der Waals surface area contributed by atoms with Crippen LogP contribution in [0.2, 0.25) is 0 Å². The van der Waals surface area contributed by atoms with Gasteiger partial charge in [0.2, 0.25) is 0 Å². The Balaban J connectivity index is 3.82. The minimum atomic E-state index is -1.37. The Labute approximate surface area is 117 Å². The molecule has 0 rings (SSSR count). The zero-order valence-corrected chi connectivity index (χ0v) is 11.9. The number of carboxylic acid groups (broad SMARTS) is 2. The largest absolute Gasteiger partial charge is 0.480 e. The van der Waals surface area contributed by atoms with Gasteiger partial charge in [0.25, 0.3) is 0 Å². The summed E-state index contributed by atoms with van der Waals surface area (Å²) in [6, 6.07) is -1.13. The van der Waals surface area contributed by atoms with Gasteiger partial charge in [-0.25, -0.2) is 14.4 Å². The lowest BCUT2D eigenvalue weighted by Crippen LogP contribution is -2.40. The molecule has 116 valence electrons. The van der Waals surface area contributed by atoms with Crippen LogP contribution in [0.1, 0.15) is 40.0 Å². The Hall–Kier alpha value is -1.99. The predicted octanol–water partition coefficient (Wildman–Crippen LogP) is 1.40. The lowest BCUT2D eigenvalue weighted by atomic mass is 10.1. The monoisotopic (exact) mass is 290 g/mol. The second-order valence-corrected chi connectivity index (χ2v) is 5.26. The first-order chi connectivity index (χ1) is 9.11. The molecule has 0 aromatic carbocycles. The van der Waals surface area contributed by atoms with E-state index in [2.05, 4.69) is 5.32 Å². The number of alkyl carbamates (subject to hydrolysis) is 1. The molecule has 20 heavy (non-hydrogen) atoms. The van der Waals surface area contributed by atoms with Gasteiger partial charge in [0, 0.05) is 6.54 Å². The van der Waals surface area contributed by atoms with Gasteiger partial charge in [-0.05, 0) is 40.0 Å². The van der Waals surface area contributed by atoms with Crippen LogP contribution in [0.25, 0.3) is 0 Å². The van der Waals surface area contributed by atoms with Crippen LogP contribution >= 0.6 is 0 Å². The van der Waals surface area contributed by atoms with Crippen molar-refractivity contribution in [2.24, 2.45) is 0 Å². The first kappa shape index (κ1) is 18.0. The Morgan fingerprint density at radius 3 is 2.20 bits per heavy atom. The number of carbonyl (C=O) groups excluding carboxylic acids is 1. The summed E-state index contributed by atoms with van der Waals surface area (Å²) in [5.41, 5.74) is -0.566. The van der Waals surface area contributed by atoms with Crippen LogP contribution in [0.15, 0.2) is 0 Å². The van der Waals surface area contributed by atoms with E-state index in [9.17, 15) is 14.4 Å². The van der Waals surface area contributed by atoms with Crippen LogP contribution in [-0.2, 0) is 9.53 Å². The highest BCUT2D eigenvalue weighted by molar-refractivity contribution is 5.79.